The standard InChI is InChI=1S/C10H17NO4/c1-6(2)9(13)11-5-7(12)4-8(11)10(14)15-3/h6-8,12H,4-5H2,1-3H3. The Morgan fingerprint density at radius 3 is 2.53 bits per heavy atom. The van der Waals surface area contributed by atoms with Crippen molar-refractivity contribution in [3.05, 3.63) is 0 Å². The summed E-state index contributed by atoms with van der Waals surface area (Å²) in [6.45, 7) is 3.75. The Morgan fingerprint density at radius 2 is 2.07 bits per heavy atom. The van der Waals surface area contributed by atoms with Gasteiger partial charge < -0.3 is 14.7 Å². The van der Waals surface area contributed by atoms with Gasteiger partial charge in [0, 0.05) is 18.9 Å². The smallest absolute Gasteiger partial charge is 0.328 e. The van der Waals surface area contributed by atoms with Gasteiger partial charge in [0.05, 0.1) is 13.2 Å². The fraction of sp³-hybridized carbons (Fsp3) is 0.800. The summed E-state index contributed by atoms with van der Waals surface area (Å²) in [5, 5.41) is 9.44. The van der Waals surface area contributed by atoms with Crippen LogP contribution in [0.25, 0.3) is 0 Å². The quantitative estimate of drug-likeness (QED) is 0.646. The van der Waals surface area contributed by atoms with Crippen LogP contribution in [0.1, 0.15) is 20.3 Å². The number of carbonyl (C=O) groups is 2. The van der Waals surface area contributed by atoms with Crippen LogP contribution in [-0.2, 0) is 14.3 Å². The van der Waals surface area contributed by atoms with E-state index in [2.05, 4.69) is 4.74 Å². The Bertz CT molecular complexity index is 264. The summed E-state index contributed by atoms with van der Waals surface area (Å²) in [7, 11) is 1.28. The summed E-state index contributed by atoms with van der Waals surface area (Å²) in [5.74, 6) is -0.759. The van der Waals surface area contributed by atoms with Gasteiger partial charge in [-0.3, -0.25) is 4.79 Å². The molecule has 5 nitrogen and oxygen atoms in total. The third-order valence-electron chi connectivity index (χ3n) is 2.53. The minimum Gasteiger partial charge on any atom is -0.467 e. The van der Waals surface area contributed by atoms with Crippen LogP contribution >= 0.6 is 0 Å². The lowest BCUT2D eigenvalue weighted by Gasteiger charge is -2.23. The molecule has 0 aromatic carbocycles. The van der Waals surface area contributed by atoms with Crippen molar-refractivity contribution in [1.29, 1.82) is 0 Å². The fourth-order valence-corrected chi connectivity index (χ4v) is 1.75. The molecule has 0 aromatic rings. The second kappa shape index (κ2) is 4.61. The Morgan fingerprint density at radius 1 is 1.47 bits per heavy atom. The molecule has 2 atom stereocenters. The van der Waals surface area contributed by atoms with Gasteiger partial charge in [0.25, 0.3) is 0 Å². The Hall–Kier alpha value is -1.10. The van der Waals surface area contributed by atoms with Crippen molar-refractivity contribution in [1.82, 2.24) is 4.90 Å². The predicted molar refractivity (Wildman–Crippen MR) is 53.0 cm³/mol. The maximum absolute atomic E-state index is 11.7. The van der Waals surface area contributed by atoms with Crippen LogP contribution in [0, 0.1) is 5.92 Å². The van der Waals surface area contributed by atoms with E-state index >= 15 is 0 Å². The predicted octanol–water partition coefficient (Wildman–Crippen LogP) is -0.223. The molecule has 1 amide bonds. The van der Waals surface area contributed by atoms with E-state index in [1.807, 2.05) is 0 Å². The normalized spacial score (nSPS) is 25.8. The summed E-state index contributed by atoms with van der Waals surface area (Å²) in [4.78, 5) is 24.5. The monoisotopic (exact) mass is 215 g/mol. The molecule has 1 aliphatic heterocycles. The Kier molecular flexibility index (Phi) is 3.68. The van der Waals surface area contributed by atoms with Crippen molar-refractivity contribution >= 4 is 11.9 Å². The third-order valence-corrected chi connectivity index (χ3v) is 2.53. The molecule has 0 aromatic heterocycles. The minimum absolute atomic E-state index is 0.123. The highest BCUT2D eigenvalue weighted by molar-refractivity contribution is 5.86. The molecule has 0 saturated carbocycles. The number of aliphatic hydroxyl groups excluding tert-OH is 1. The molecule has 86 valence electrons. The van der Waals surface area contributed by atoms with Crippen molar-refractivity contribution in [2.75, 3.05) is 13.7 Å². The Balaban J connectivity index is 2.77. The van der Waals surface area contributed by atoms with E-state index in [0.717, 1.165) is 0 Å². The molecular weight excluding hydrogens is 198 g/mol. The van der Waals surface area contributed by atoms with Crippen LogP contribution in [0.4, 0.5) is 0 Å². The van der Waals surface area contributed by atoms with Crippen LogP contribution in [0.5, 0.6) is 0 Å². The van der Waals surface area contributed by atoms with Gasteiger partial charge in [0.2, 0.25) is 5.91 Å². The number of likely N-dealkylation sites (tertiary alicyclic amines) is 1. The average molecular weight is 215 g/mol. The number of hydrogen-bond acceptors (Lipinski definition) is 4. The molecule has 5 heteroatoms. The highest BCUT2D eigenvalue weighted by Crippen LogP contribution is 2.21. The first kappa shape index (κ1) is 12.0. The maximum Gasteiger partial charge on any atom is 0.328 e. The molecule has 1 N–H and O–H groups in total. The number of methoxy groups -OCH3 is 1. The SMILES string of the molecule is COC(=O)C1CC(O)CN1C(=O)C(C)C. The van der Waals surface area contributed by atoms with Gasteiger partial charge in [0.15, 0.2) is 0 Å². The number of ether oxygens (including phenoxy) is 1. The van der Waals surface area contributed by atoms with E-state index in [1.54, 1.807) is 13.8 Å². The maximum atomic E-state index is 11.7. The zero-order valence-electron chi connectivity index (χ0n) is 9.27. The van der Waals surface area contributed by atoms with E-state index < -0.39 is 18.1 Å². The third kappa shape index (κ3) is 2.47. The lowest BCUT2D eigenvalue weighted by Crippen LogP contribution is -2.43. The first-order valence-corrected chi connectivity index (χ1v) is 5.03. The summed E-state index contributed by atoms with van der Waals surface area (Å²) >= 11 is 0. The van der Waals surface area contributed by atoms with Crippen LogP contribution in [-0.4, -0.2) is 47.7 Å². The van der Waals surface area contributed by atoms with Crippen LogP contribution in [0.3, 0.4) is 0 Å². The van der Waals surface area contributed by atoms with Gasteiger partial charge in [-0.15, -0.1) is 0 Å². The summed E-state index contributed by atoms with van der Waals surface area (Å²) in [6.07, 6.45) is -0.359. The van der Waals surface area contributed by atoms with E-state index in [4.69, 9.17) is 0 Å². The van der Waals surface area contributed by atoms with Crippen molar-refractivity contribution in [2.24, 2.45) is 5.92 Å². The van der Waals surface area contributed by atoms with Gasteiger partial charge in [0.1, 0.15) is 6.04 Å². The van der Waals surface area contributed by atoms with Gasteiger partial charge >= 0.3 is 5.97 Å². The zero-order valence-corrected chi connectivity index (χ0v) is 9.27. The van der Waals surface area contributed by atoms with Gasteiger partial charge in [-0.05, 0) is 0 Å². The van der Waals surface area contributed by atoms with Crippen molar-refractivity contribution in [3.63, 3.8) is 0 Å². The largest absolute Gasteiger partial charge is 0.467 e. The zero-order chi connectivity index (χ0) is 11.6. The summed E-state index contributed by atoms with van der Waals surface area (Å²) < 4.78 is 4.60. The first-order valence-electron chi connectivity index (χ1n) is 5.03. The molecule has 1 heterocycles. The van der Waals surface area contributed by atoms with Crippen molar-refractivity contribution in [3.8, 4) is 0 Å². The number of esters is 1. The van der Waals surface area contributed by atoms with Gasteiger partial charge in [-0.1, -0.05) is 13.8 Å². The van der Waals surface area contributed by atoms with Gasteiger partial charge in [-0.2, -0.15) is 0 Å². The fourth-order valence-electron chi connectivity index (χ4n) is 1.75. The number of carbonyl (C=O) groups excluding carboxylic acids is 2. The van der Waals surface area contributed by atoms with E-state index in [9.17, 15) is 14.7 Å². The molecule has 1 saturated heterocycles. The number of nitrogens with zero attached hydrogens (tertiary/aromatic N) is 1. The highest BCUT2D eigenvalue weighted by atomic mass is 16.5. The topological polar surface area (TPSA) is 66.8 Å². The van der Waals surface area contributed by atoms with E-state index in [-0.39, 0.29) is 24.8 Å². The minimum atomic E-state index is -0.628. The summed E-state index contributed by atoms with van der Waals surface area (Å²) in [6, 6.07) is -0.625. The molecular formula is C10H17NO4. The van der Waals surface area contributed by atoms with Crippen LogP contribution in [0.15, 0.2) is 0 Å². The molecule has 0 aliphatic carbocycles. The first-order chi connectivity index (χ1) is 6.97. The number of amides is 1. The second-order valence-electron chi connectivity index (χ2n) is 4.07. The number of β-amino-alcohol motifs (C(OH)–C–C–N with tert-alkyl or cyclic N) is 1. The molecule has 0 spiro atoms. The molecule has 2 unspecified atom stereocenters. The van der Waals surface area contributed by atoms with Crippen LogP contribution in [0.2, 0.25) is 0 Å². The number of aliphatic hydroxyl groups is 1. The molecule has 1 fully saturated rings. The van der Waals surface area contributed by atoms with E-state index in [0.29, 0.717) is 0 Å². The molecule has 1 aliphatic rings. The van der Waals surface area contributed by atoms with Gasteiger partial charge in [-0.25, -0.2) is 4.79 Å². The van der Waals surface area contributed by atoms with Crippen molar-refractivity contribution in [2.45, 2.75) is 32.4 Å². The summed E-state index contributed by atoms with van der Waals surface area (Å²) in [5.41, 5.74) is 0. The lowest BCUT2D eigenvalue weighted by atomic mass is 10.1. The molecule has 1 rings (SSSR count). The van der Waals surface area contributed by atoms with Crippen molar-refractivity contribution < 1.29 is 19.4 Å². The second-order valence-corrected chi connectivity index (χ2v) is 4.07. The molecule has 15 heavy (non-hydrogen) atoms. The van der Waals surface area contributed by atoms with E-state index in [1.165, 1.54) is 12.0 Å². The highest BCUT2D eigenvalue weighted by Gasteiger charge is 2.40. The van der Waals surface area contributed by atoms with Crippen LogP contribution < -0.4 is 0 Å². The Labute approximate surface area is 89.0 Å². The molecule has 0 radical (unpaired) electrons. The number of rotatable bonds is 2. The molecule has 0 bridgehead atoms. The average Bonchev–Trinajstić information content (AvgIpc) is 2.57. The number of hydrogen-bond donors (Lipinski definition) is 1. The lowest BCUT2D eigenvalue weighted by molar-refractivity contribution is -0.152.